The Morgan fingerprint density at radius 2 is 2.30 bits per heavy atom. The van der Waals surface area contributed by atoms with Crippen LogP contribution in [0, 0.1) is 5.92 Å². The van der Waals surface area contributed by atoms with Crippen molar-refractivity contribution in [2.45, 2.75) is 31.8 Å². The molecule has 0 saturated carbocycles. The van der Waals surface area contributed by atoms with Crippen molar-refractivity contribution in [1.29, 1.82) is 0 Å². The van der Waals surface area contributed by atoms with E-state index in [4.69, 9.17) is 0 Å². The normalized spacial score (nSPS) is 23.0. The largest absolute Gasteiger partial charge is 0.355 e. The van der Waals surface area contributed by atoms with E-state index in [1.54, 1.807) is 0 Å². The molecule has 0 fully saturated rings. The first-order valence-electron chi connectivity index (χ1n) is 8.37. The summed E-state index contributed by atoms with van der Waals surface area (Å²) in [7, 11) is 0. The van der Waals surface area contributed by atoms with Crippen LogP contribution in [0.15, 0.2) is 36.7 Å². The van der Waals surface area contributed by atoms with Crippen LogP contribution in [0.2, 0.25) is 0 Å². The molecular formula is C18H22N4O. The van der Waals surface area contributed by atoms with Gasteiger partial charge in [-0.1, -0.05) is 24.3 Å². The predicted molar refractivity (Wildman–Crippen MR) is 87.9 cm³/mol. The number of imidazole rings is 1. The van der Waals surface area contributed by atoms with E-state index in [1.807, 2.05) is 12.4 Å². The summed E-state index contributed by atoms with van der Waals surface area (Å²) in [6.45, 7) is 3.44. The van der Waals surface area contributed by atoms with Crippen LogP contribution >= 0.6 is 0 Å². The van der Waals surface area contributed by atoms with Crippen LogP contribution in [0.4, 0.5) is 0 Å². The molecular weight excluding hydrogens is 288 g/mol. The van der Waals surface area contributed by atoms with Gasteiger partial charge >= 0.3 is 0 Å². The number of carbonyl (C=O) groups is 1. The Morgan fingerprint density at radius 1 is 1.39 bits per heavy atom. The Balaban J connectivity index is 1.38. The number of hydrogen-bond donors (Lipinski definition) is 2. The molecule has 120 valence electrons. The SMILES string of the molecule is O=C(NCC1CNCc2ccccc21)C1CCn2ccnc2C1. The van der Waals surface area contributed by atoms with E-state index in [1.165, 1.54) is 11.1 Å². The molecule has 5 nitrogen and oxygen atoms in total. The number of aryl methyl sites for hydroxylation is 1. The van der Waals surface area contributed by atoms with Gasteiger partial charge < -0.3 is 15.2 Å². The maximum Gasteiger partial charge on any atom is 0.223 e. The maximum absolute atomic E-state index is 12.5. The zero-order valence-electron chi connectivity index (χ0n) is 13.2. The minimum absolute atomic E-state index is 0.0525. The second-order valence-electron chi connectivity index (χ2n) is 6.50. The van der Waals surface area contributed by atoms with E-state index in [9.17, 15) is 4.79 Å². The number of benzene rings is 1. The summed E-state index contributed by atoms with van der Waals surface area (Å²) in [5, 5.41) is 6.61. The minimum atomic E-state index is 0.0525. The van der Waals surface area contributed by atoms with E-state index >= 15 is 0 Å². The number of aromatic nitrogens is 2. The lowest BCUT2D eigenvalue weighted by Gasteiger charge is -2.28. The van der Waals surface area contributed by atoms with Gasteiger partial charge in [0.05, 0.1) is 0 Å². The summed E-state index contributed by atoms with van der Waals surface area (Å²) in [5.41, 5.74) is 2.71. The number of nitrogens with zero attached hydrogens (tertiary/aromatic N) is 2. The zero-order chi connectivity index (χ0) is 15.6. The molecule has 3 heterocycles. The molecule has 2 unspecified atom stereocenters. The van der Waals surface area contributed by atoms with E-state index in [0.717, 1.165) is 38.3 Å². The van der Waals surface area contributed by atoms with Crippen LogP contribution in [-0.4, -0.2) is 28.5 Å². The number of hydrogen-bond acceptors (Lipinski definition) is 3. The van der Waals surface area contributed by atoms with Gasteiger partial charge in [-0.2, -0.15) is 0 Å². The number of nitrogens with one attached hydrogen (secondary N) is 2. The van der Waals surface area contributed by atoms with Gasteiger partial charge in [0.1, 0.15) is 5.82 Å². The Hall–Kier alpha value is -2.14. The van der Waals surface area contributed by atoms with Crippen LogP contribution in [0.1, 0.15) is 29.3 Å². The van der Waals surface area contributed by atoms with Crippen LogP contribution in [0.3, 0.4) is 0 Å². The minimum Gasteiger partial charge on any atom is -0.355 e. The second kappa shape index (κ2) is 6.16. The molecule has 2 aromatic rings. The number of fused-ring (bicyclic) bond motifs is 2. The molecule has 4 rings (SSSR count). The van der Waals surface area contributed by atoms with E-state index in [0.29, 0.717) is 12.5 Å². The molecule has 0 bridgehead atoms. The van der Waals surface area contributed by atoms with Gasteiger partial charge in [0.25, 0.3) is 0 Å². The molecule has 0 aliphatic carbocycles. The Bertz CT molecular complexity index is 709. The zero-order valence-corrected chi connectivity index (χ0v) is 13.2. The van der Waals surface area contributed by atoms with Gasteiger partial charge in [-0.25, -0.2) is 4.98 Å². The topological polar surface area (TPSA) is 59.0 Å². The predicted octanol–water partition coefficient (Wildman–Crippen LogP) is 1.45. The highest BCUT2D eigenvalue weighted by atomic mass is 16.1. The van der Waals surface area contributed by atoms with Gasteiger partial charge in [-0.15, -0.1) is 0 Å². The number of rotatable bonds is 3. The quantitative estimate of drug-likeness (QED) is 0.902. The second-order valence-corrected chi connectivity index (χ2v) is 6.50. The maximum atomic E-state index is 12.5. The smallest absolute Gasteiger partial charge is 0.223 e. The molecule has 0 saturated heterocycles. The van der Waals surface area contributed by atoms with Gasteiger partial charge in [0.15, 0.2) is 0 Å². The lowest BCUT2D eigenvalue weighted by Crippen LogP contribution is -2.40. The van der Waals surface area contributed by atoms with E-state index in [-0.39, 0.29) is 11.8 Å². The van der Waals surface area contributed by atoms with Gasteiger partial charge in [-0.3, -0.25) is 4.79 Å². The first-order valence-corrected chi connectivity index (χ1v) is 8.37. The van der Waals surface area contributed by atoms with Gasteiger partial charge in [0, 0.05) is 56.8 Å². The van der Waals surface area contributed by atoms with E-state index in [2.05, 4.69) is 44.5 Å². The molecule has 5 heteroatoms. The van der Waals surface area contributed by atoms with E-state index < -0.39 is 0 Å². The summed E-state index contributed by atoms with van der Waals surface area (Å²) in [5.74, 6) is 1.61. The third kappa shape index (κ3) is 2.88. The Labute approximate surface area is 136 Å². The van der Waals surface area contributed by atoms with Crippen LogP contribution in [0.5, 0.6) is 0 Å². The molecule has 0 spiro atoms. The fraction of sp³-hybridized carbons (Fsp3) is 0.444. The van der Waals surface area contributed by atoms with Crippen LogP contribution in [0.25, 0.3) is 0 Å². The first kappa shape index (κ1) is 14.5. The standard InChI is InChI=1S/C18H22N4O/c23-18(13-5-7-22-8-6-20-17(22)9-13)21-12-15-11-19-10-14-3-1-2-4-16(14)15/h1-4,6,8,13,15,19H,5,7,9-12H2,(H,21,23). The Kier molecular flexibility index (Phi) is 3.87. The Morgan fingerprint density at radius 3 is 3.26 bits per heavy atom. The van der Waals surface area contributed by atoms with Crippen molar-refractivity contribution in [2.75, 3.05) is 13.1 Å². The molecule has 0 radical (unpaired) electrons. The number of carbonyl (C=O) groups excluding carboxylic acids is 1. The highest BCUT2D eigenvalue weighted by Gasteiger charge is 2.26. The molecule has 1 aromatic heterocycles. The first-order chi connectivity index (χ1) is 11.3. The lowest BCUT2D eigenvalue weighted by molar-refractivity contribution is -0.125. The lowest BCUT2D eigenvalue weighted by atomic mass is 9.90. The summed E-state index contributed by atoms with van der Waals surface area (Å²) >= 11 is 0. The summed E-state index contributed by atoms with van der Waals surface area (Å²) in [4.78, 5) is 16.9. The highest BCUT2D eigenvalue weighted by molar-refractivity contribution is 5.79. The summed E-state index contributed by atoms with van der Waals surface area (Å²) in [6, 6.07) is 8.51. The summed E-state index contributed by atoms with van der Waals surface area (Å²) < 4.78 is 2.14. The number of amides is 1. The van der Waals surface area contributed by atoms with Crippen molar-refractivity contribution in [1.82, 2.24) is 20.2 Å². The third-order valence-electron chi connectivity index (χ3n) is 5.04. The molecule has 2 aliphatic heterocycles. The van der Waals surface area contributed by atoms with Crippen molar-refractivity contribution in [2.24, 2.45) is 5.92 Å². The van der Waals surface area contributed by atoms with Crippen LogP contribution < -0.4 is 10.6 Å². The molecule has 2 N–H and O–H groups in total. The fourth-order valence-corrected chi connectivity index (χ4v) is 3.71. The molecule has 1 aromatic carbocycles. The average molecular weight is 310 g/mol. The monoisotopic (exact) mass is 310 g/mol. The van der Waals surface area contributed by atoms with Crippen molar-refractivity contribution in [3.8, 4) is 0 Å². The molecule has 2 aliphatic rings. The van der Waals surface area contributed by atoms with Crippen molar-refractivity contribution in [3.63, 3.8) is 0 Å². The van der Waals surface area contributed by atoms with Crippen LogP contribution in [-0.2, 0) is 24.3 Å². The van der Waals surface area contributed by atoms with Gasteiger partial charge in [-0.05, 0) is 17.5 Å². The molecule has 2 atom stereocenters. The molecule has 23 heavy (non-hydrogen) atoms. The van der Waals surface area contributed by atoms with Crippen molar-refractivity contribution >= 4 is 5.91 Å². The highest BCUT2D eigenvalue weighted by Crippen LogP contribution is 2.24. The molecule has 1 amide bonds. The average Bonchev–Trinajstić information content (AvgIpc) is 3.07. The fourth-order valence-electron chi connectivity index (χ4n) is 3.71. The van der Waals surface area contributed by atoms with Gasteiger partial charge in [0.2, 0.25) is 5.91 Å². The van der Waals surface area contributed by atoms with Crippen molar-refractivity contribution < 1.29 is 4.79 Å². The third-order valence-corrected chi connectivity index (χ3v) is 5.04. The van der Waals surface area contributed by atoms with Crippen molar-refractivity contribution in [3.05, 3.63) is 53.6 Å². The summed E-state index contributed by atoms with van der Waals surface area (Å²) in [6.07, 6.45) is 5.46.